The average molecular weight is 237 g/mol. The molecular weight excluding hydrogens is 222 g/mol. The van der Waals surface area contributed by atoms with Crippen LogP contribution in [0.5, 0.6) is 0 Å². The summed E-state index contributed by atoms with van der Waals surface area (Å²) in [6, 6.07) is 5.28. The van der Waals surface area contributed by atoms with E-state index in [1.807, 2.05) is 18.2 Å². The molecule has 0 fully saturated rings. The monoisotopic (exact) mass is 237 g/mol. The molecule has 1 heterocycles. The van der Waals surface area contributed by atoms with Crippen molar-refractivity contribution < 1.29 is 15.0 Å². The van der Waals surface area contributed by atoms with E-state index in [2.05, 4.69) is 16.0 Å². The smallest absolute Gasteiger partial charge is 0.319 e. The zero-order valence-electron chi connectivity index (χ0n) is 9.23. The number of hydrogen-bond donors (Lipinski definition) is 5. The van der Waals surface area contributed by atoms with Gasteiger partial charge in [-0.2, -0.15) is 0 Å². The van der Waals surface area contributed by atoms with E-state index in [1.54, 1.807) is 0 Å². The lowest BCUT2D eigenvalue weighted by atomic mass is 10.1. The molecular formula is C11H15N3O3. The lowest BCUT2D eigenvalue weighted by Crippen LogP contribution is -2.34. The number of anilines is 2. The van der Waals surface area contributed by atoms with Crippen LogP contribution in [0.2, 0.25) is 0 Å². The Bertz CT molecular complexity index is 422. The van der Waals surface area contributed by atoms with Crippen molar-refractivity contribution in [3.8, 4) is 0 Å². The van der Waals surface area contributed by atoms with Crippen molar-refractivity contribution in [2.45, 2.75) is 12.6 Å². The highest BCUT2D eigenvalue weighted by Crippen LogP contribution is 2.26. The Morgan fingerprint density at radius 3 is 3.06 bits per heavy atom. The van der Waals surface area contributed by atoms with Crippen molar-refractivity contribution in [2.24, 2.45) is 0 Å². The van der Waals surface area contributed by atoms with Crippen LogP contribution >= 0.6 is 0 Å². The Morgan fingerprint density at radius 1 is 1.47 bits per heavy atom. The first-order valence-electron chi connectivity index (χ1n) is 5.40. The second kappa shape index (κ2) is 5.03. The molecule has 1 aliphatic heterocycles. The summed E-state index contributed by atoms with van der Waals surface area (Å²) in [5.74, 6) is 0. The molecule has 0 spiro atoms. The number of benzene rings is 1. The molecule has 5 N–H and O–H groups in total. The number of fused-ring (bicyclic) bond motifs is 1. The third kappa shape index (κ3) is 2.66. The first kappa shape index (κ1) is 11.7. The predicted octanol–water partition coefficient (Wildman–Crippen LogP) is 0.0868. The minimum atomic E-state index is -0.794. The standard InChI is InChI=1S/C11H15N3O3/c15-6-7(16)4-12-9-2-1-3-10-8(9)5-13-11(17)14-10/h1-3,7,12,15-16H,4-6H2,(H2,13,14,17). The van der Waals surface area contributed by atoms with Gasteiger partial charge >= 0.3 is 6.03 Å². The number of amides is 2. The number of nitrogens with one attached hydrogen (secondary N) is 3. The lowest BCUT2D eigenvalue weighted by molar-refractivity contribution is 0.105. The highest BCUT2D eigenvalue weighted by molar-refractivity contribution is 5.93. The normalized spacial score (nSPS) is 15.5. The van der Waals surface area contributed by atoms with Crippen LogP contribution in [0.4, 0.5) is 16.2 Å². The topological polar surface area (TPSA) is 93.6 Å². The van der Waals surface area contributed by atoms with Gasteiger partial charge in [-0.25, -0.2) is 4.79 Å². The van der Waals surface area contributed by atoms with Crippen LogP contribution in [0.3, 0.4) is 0 Å². The van der Waals surface area contributed by atoms with E-state index in [1.165, 1.54) is 0 Å². The van der Waals surface area contributed by atoms with Crippen molar-refractivity contribution in [3.63, 3.8) is 0 Å². The molecule has 1 atom stereocenters. The van der Waals surface area contributed by atoms with Gasteiger partial charge in [0.2, 0.25) is 0 Å². The van der Waals surface area contributed by atoms with Gasteiger partial charge in [-0.1, -0.05) is 6.07 Å². The molecule has 6 heteroatoms. The van der Waals surface area contributed by atoms with E-state index in [-0.39, 0.29) is 19.2 Å². The molecule has 0 saturated heterocycles. The van der Waals surface area contributed by atoms with Crippen molar-refractivity contribution in [1.29, 1.82) is 0 Å². The third-order valence-corrected chi connectivity index (χ3v) is 2.59. The zero-order chi connectivity index (χ0) is 12.3. The molecule has 92 valence electrons. The van der Waals surface area contributed by atoms with Crippen molar-refractivity contribution in [1.82, 2.24) is 5.32 Å². The molecule has 1 aromatic carbocycles. The molecule has 0 bridgehead atoms. The van der Waals surface area contributed by atoms with Crippen LogP contribution < -0.4 is 16.0 Å². The third-order valence-electron chi connectivity index (χ3n) is 2.59. The summed E-state index contributed by atoms with van der Waals surface area (Å²) in [7, 11) is 0. The van der Waals surface area contributed by atoms with Crippen LogP contribution in [-0.4, -0.2) is 35.5 Å². The summed E-state index contributed by atoms with van der Waals surface area (Å²) in [6.07, 6.45) is -0.794. The van der Waals surface area contributed by atoms with E-state index in [0.717, 1.165) is 16.9 Å². The summed E-state index contributed by atoms with van der Waals surface area (Å²) in [5.41, 5.74) is 2.54. The van der Waals surface area contributed by atoms with Gasteiger partial charge in [-0.05, 0) is 12.1 Å². The summed E-state index contributed by atoms with van der Waals surface area (Å²) in [4.78, 5) is 11.1. The fourth-order valence-corrected chi connectivity index (χ4v) is 1.69. The van der Waals surface area contributed by atoms with Crippen LogP contribution in [0.1, 0.15) is 5.56 Å². The van der Waals surface area contributed by atoms with Crippen LogP contribution in [-0.2, 0) is 6.54 Å². The Hall–Kier alpha value is -1.79. The maximum absolute atomic E-state index is 11.1. The number of hydrogen-bond acceptors (Lipinski definition) is 4. The second-order valence-electron chi connectivity index (χ2n) is 3.86. The molecule has 2 amide bonds. The molecule has 1 aliphatic rings. The lowest BCUT2D eigenvalue weighted by Gasteiger charge is -2.22. The van der Waals surface area contributed by atoms with Gasteiger partial charge in [0.25, 0.3) is 0 Å². The highest BCUT2D eigenvalue weighted by Gasteiger charge is 2.16. The SMILES string of the molecule is O=C1NCc2c(NCC(O)CO)cccc2N1. The summed E-state index contributed by atoms with van der Waals surface area (Å²) >= 11 is 0. The van der Waals surface area contributed by atoms with Crippen molar-refractivity contribution in [3.05, 3.63) is 23.8 Å². The van der Waals surface area contributed by atoms with E-state index in [0.29, 0.717) is 6.54 Å². The van der Waals surface area contributed by atoms with E-state index >= 15 is 0 Å². The molecule has 17 heavy (non-hydrogen) atoms. The van der Waals surface area contributed by atoms with Crippen LogP contribution in [0.25, 0.3) is 0 Å². The van der Waals surface area contributed by atoms with Gasteiger partial charge in [0.1, 0.15) is 0 Å². The second-order valence-corrected chi connectivity index (χ2v) is 3.86. The summed E-state index contributed by atoms with van der Waals surface area (Å²) in [5, 5.41) is 26.4. The van der Waals surface area contributed by atoms with Gasteiger partial charge in [0.15, 0.2) is 0 Å². The Balaban J connectivity index is 2.13. The van der Waals surface area contributed by atoms with E-state index < -0.39 is 6.10 Å². The van der Waals surface area contributed by atoms with Crippen LogP contribution in [0.15, 0.2) is 18.2 Å². The molecule has 6 nitrogen and oxygen atoms in total. The van der Waals surface area contributed by atoms with Gasteiger partial charge in [-0.15, -0.1) is 0 Å². The molecule has 0 aliphatic carbocycles. The number of carbonyl (C=O) groups is 1. The molecule has 0 saturated carbocycles. The fraction of sp³-hybridized carbons (Fsp3) is 0.364. The van der Waals surface area contributed by atoms with E-state index in [4.69, 9.17) is 5.11 Å². The van der Waals surface area contributed by atoms with Gasteiger partial charge in [-0.3, -0.25) is 0 Å². The zero-order valence-corrected chi connectivity index (χ0v) is 9.23. The number of rotatable bonds is 4. The Kier molecular flexibility index (Phi) is 3.46. The summed E-state index contributed by atoms with van der Waals surface area (Å²) in [6.45, 7) is 0.428. The first-order chi connectivity index (χ1) is 8.20. The van der Waals surface area contributed by atoms with Crippen LogP contribution in [0, 0.1) is 0 Å². The van der Waals surface area contributed by atoms with Gasteiger partial charge in [0, 0.05) is 30.0 Å². The summed E-state index contributed by atoms with van der Waals surface area (Å²) < 4.78 is 0. The Morgan fingerprint density at radius 2 is 2.29 bits per heavy atom. The number of aliphatic hydroxyl groups is 2. The first-order valence-corrected chi connectivity index (χ1v) is 5.40. The predicted molar refractivity (Wildman–Crippen MR) is 63.9 cm³/mol. The molecule has 1 unspecified atom stereocenters. The van der Waals surface area contributed by atoms with E-state index in [9.17, 15) is 9.90 Å². The van der Waals surface area contributed by atoms with Gasteiger partial charge in [0.05, 0.1) is 12.7 Å². The number of urea groups is 1. The molecule has 0 radical (unpaired) electrons. The number of aliphatic hydroxyl groups excluding tert-OH is 2. The fourth-order valence-electron chi connectivity index (χ4n) is 1.69. The maximum atomic E-state index is 11.1. The molecule has 0 aromatic heterocycles. The van der Waals surface area contributed by atoms with Crippen molar-refractivity contribution in [2.75, 3.05) is 23.8 Å². The average Bonchev–Trinajstić information content (AvgIpc) is 2.35. The Labute approximate surface area is 98.6 Å². The molecule has 1 aromatic rings. The highest BCUT2D eigenvalue weighted by atomic mass is 16.3. The van der Waals surface area contributed by atoms with Gasteiger partial charge < -0.3 is 26.2 Å². The number of carbonyl (C=O) groups excluding carboxylic acids is 1. The maximum Gasteiger partial charge on any atom is 0.319 e. The minimum absolute atomic E-state index is 0.218. The largest absolute Gasteiger partial charge is 0.394 e. The minimum Gasteiger partial charge on any atom is -0.394 e. The molecule has 2 rings (SSSR count). The van der Waals surface area contributed by atoms with Crippen molar-refractivity contribution >= 4 is 17.4 Å². The quantitative estimate of drug-likeness (QED) is 0.513.